The smallest absolute Gasteiger partial charge is 0.410 e. The van der Waals surface area contributed by atoms with Crippen molar-refractivity contribution in [1.29, 1.82) is 0 Å². The summed E-state index contributed by atoms with van der Waals surface area (Å²) in [5.41, 5.74) is 0.882. The molecule has 0 unspecified atom stereocenters. The topological polar surface area (TPSA) is 94.2 Å². The number of benzene rings is 1. The zero-order valence-electron chi connectivity index (χ0n) is 15.3. The maximum absolute atomic E-state index is 12.7. The summed E-state index contributed by atoms with van der Waals surface area (Å²) < 4.78 is 15.7. The van der Waals surface area contributed by atoms with Gasteiger partial charge in [0.05, 0.1) is 6.42 Å². The minimum Gasteiger partial charge on any atom is -0.445 e. The minimum absolute atomic E-state index is 0.0571. The fourth-order valence-corrected chi connectivity index (χ4v) is 3.31. The summed E-state index contributed by atoms with van der Waals surface area (Å²) in [5, 5.41) is 2.79. The van der Waals surface area contributed by atoms with Crippen LogP contribution in [0.3, 0.4) is 0 Å². The molecular weight excluding hydrogens is 352 g/mol. The zero-order chi connectivity index (χ0) is 19.2. The second-order valence-corrected chi connectivity index (χ2v) is 6.52. The molecule has 2 aliphatic heterocycles. The molecule has 1 N–H and O–H groups in total. The average molecular weight is 376 g/mol. The molecule has 0 saturated carbocycles. The van der Waals surface area contributed by atoms with Crippen LogP contribution in [0.25, 0.3) is 0 Å². The number of hydrogen-bond donors (Lipinski definition) is 1. The van der Waals surface area contributed by atoms with Crippen LogP contribution in [0.1, 0.15) is 31.7 Å². The molecule has 0 aliphatic carbocycles. The van der Waals surface area contributed by atoms with E-state index in [9.17, 15) is 14.4 Å². The molecule has 2 fully saturated rings. The molecule has 3 atom stereocenters. The summed E-state index contributed by atoms with van der Waals surface area (Å²) in [6.07, 6.45) is 0.0188. The van der Waals surface area contributed by atoms with E-state index in [1.807, 2.05) is 30.3 Å². The van der Waals surface area contributed by atoms with Crippen molar-refractivity contribution in [3.63, 3.8) is 0 Å². The van der Waals surface area contributed by atoms with Crippen molar-refractivity contribution in [3.8, 4) is 0 Å². The maximum Gasteiger partial charge on any atom is 0.410 e. The largest absolute Gasteiger partial charge is 0.445 e. The average Bonchev–Trinajstić information content (AvgIpc) is 3.28. The highest BCUT2D eigenvalue weighted by molar-refractivity contribution is 5.87. The molecule has 8 nitrogen and oxygen atoms in total. The van der Waals surface area contributed by atoms with Crippen LogP contribution < -0.4 is 5.32 Å². The first kappa shape index (κ1) is 19.2. The number of likely N-dealkylation sites (tertiary alicyclic amines) is 1. The van der Waals surface area contributed by atoms with Crippen molar-refractivity contribution in [3.05, 3.63) is 35.9 Å². The van der Waals surface area contributed by atoms with Gasteiger partial charge >= 0.3 is 12.1 Å². The Morgan fingerprint density at radius 2 is 2.07 bits per heavy atom. The van der Waals surface area contributed by atoms with E-state index in [1.165, 1.54) is 4.90 Å². The Morgan fingerprint density at radius 3 is 2.81 bits per heavy atom. The molecule has 8 heteroatoms. The van der Waals surface area contributed by atoms with Gasteiger partial charge in [0.15, 0.2) is 0 Å². The van der Waals surface area contributed by atoms with E-state index in [0.29, 0.717) is 26.0 Å². The van der Waals surface area contributed by atoms with Crippen molar-refractivity contribution < 1.29 is 28.6 Å². The van der Waals surface area contributed by atoms with Gasteiger partial charge in [-0.25, -0.2) is 4.79 Å². The van der Waals surface area contributed by atoms with E-state index in [1.54, 1.807) is 6.92 Å². The van der Waals surface area contributed by atoms with Crippen LogP contribution in [-0.2, 0) is 30.4 Å². The number of amides is 2. The molecule has 0 aromatic heterocycles. The van der Waals surface area contributed by atoms with Crippen molar-refractivity contribution in [2.75, 3.05) is 13.2 Å². The van der Waals surface area contributed by atoms with Gasteiger partial charge in [0, 0.05) is 13.2 Å². The summed E-state index contributed by atoms with van der Waals surface area (Å²) in [5.74, 6) is -0.735. The molecule has 2 saturated heterocycles. The summed E-state index contributed by atoms with van der Waals surface area (Å²) in [4.78, 5) is 38.0. The molecule has 0 radical (unpaired) electrons. The molecule has 0 spiro atoms. The molecule has 0 bridgehead atoms. The number of carbonyl (C=O) groups excluding carboxylic acids is 3. The highest BCUT2D eigenvalue weighted by atomic mass is 16.7. The third kappa shape index (κ3) is 4.77. The Balaban J connectivity index is 1.55. The summed E-state index contributed by atoms with van der Waals surface area (Å²) in [6, 6.07) is 8.20. The van der Waals surface area contributed by atoms with Crippen molar-refractivity contribution in [2.24, 2.45) is 0 Å². The highest BCUT2D eigenvalue weighted by Crippen LogP contribution is 2.21. The first-order chi connectivity index (χ1) is 13.1. The predicted octanol–water partition coefficient (Wildman–Crippen LogP) is 1.58. The third-order valence-corrected chi connectivity index (χ3v) is 4.62. The van der Waals surface area contributed by atoms with Gasteiger partial charge in [0.25, 0.3) is 0 Å². The van der Waals surface area contributed by atoms with Crippen LogP contribution in [-0.4, -0.2) is 54.4 Å². The fourth-order valence-electron chi connectivity index (χ4n) is 3.31. The Bertz CT molecular complexity index is 680. The van der Waals surface area contributed by atoms with Gasteiger partial charge in [-0.2, -0.15) is 0 Å². The minimum atomic E-state index is -0.786. The number of ether oxygens (including phenoxy) is 3. The first-order valence-electron chi connectivity index (χ1n) is 9.17. The molecule has 1 aromatic rings. The Labute approximate surface area is 157 Å². The van der Waals surface area contributed by atoms with Gasteiger partial charge in [-0.05, 0) is 25.3 Å². The van der Waals surface area contributed by atoms with Gasteiger partial charge in [-0.3, -0.25) is 14.5 Å². The van der Waals surface area contributed by atoms with Gasteiger partial charge in [-0.1, -0.05) is 30.3 Å². The lowest BCUT2D eigenvalue weighted by Gasteiger charge is -2.25. The second kappa shape index (κ2) is 8.85. The maximum atomic E-state index is 12.7. The van der Waals surface area contributed by atoms with E-state index in [4.69, 9.17) is 14.2 Å². The van der Waals surface area contributed by atoms with E-state index in [-0.39, 0.29) is 18.9 Å². The quantitative estimate of drug-likeness (QED) is 0.758. The molecular formula is C19H24N2O6. The number of nitrogens with one attached hydrogen (secondary N) is 1. The van der Waals surface area contributed by atoms with Crippen molar-refractivity contribution in [2.45, 2.75) is 51.2 Å². The highest BCUT2D eigenvalue weighted by Gasteiger charge is 2.41. The monoisotopic (exact) mass is 376 g/mol. The van der Waals surface area contributed by atoms with Crippen LogP contribution in [0.15, 0.2) is 30.3 Å². The number of esters is 1. The number of nitrogens with zero attached hydrogens (tertiary/aromatic N) is 1. The predicted molar refractivity (Wildman–Crippen MR) is 94.4 cm³/mol. The fraction of sp³-hybridized carbons (Fsp3) is 0.526. The molecule has 146 valence electrons. The summed E-state index contributed by atoms with van der Waals surface area (Å²) in [7, 11) is 0. The van der Waals surface area contributed by atoms with Gasteiger partial charge in [0.2, 0.25) is 12.2 Å². The lowest BCUT2D eigenvalue weighted by molar-refractivity contribution is -0.164. The Hall–Kier alpha value is -2.61. The van der Waals surface area contributed by atoms with Crippen molar-refractivity contribution >= 4 is 18.0 Å². The van der Waals surface area contributed by atoms with Crippen LogP contribution in [0.2, 0.25) is 0 Å². The SMILES string of the molecule is CCO[C@H]1OC(=O)C[C@@H]1NC(=O)[C@@H]1CCCN1C(=O)OCc1ccccc1. The van der Waals surface area contributed by atoms with Crippen LogP contribution in [0.4, 0.5) is 4.79 Å². The zero-order valence-corrected chi connectivity index (χ0v) is 15.3. The summed E-state index contributed by atoms with van der Waals surface area (Å²) >= 11 is 0. The Kier molecular flexibility index (Phi) is 6.28. The molecule has 2 aliphatic rings. The van der Waals surface area contributed by atoms with Gasteiger partial charge in [0.1, 0.15) is 18.7 Å². The standard InChI is InChI=1S/C19H24N2O6/c1-2-25-18-14(11-16(22)27-18)20-17(23)15-9-6-10-21(15)19(24)26-12-13-7-4-3-5-8-13/h3-5,7-8,14-15,18H,2,6,9-12H2,1H3,(H,20,23)/t14-,15-,18-/m0/s1. The van der Waals surface area contributed by atoms with Crippen LogP contribution >= 0.6 is 0 Å². The van der Waals surface area contributed by atoms with E-state index in [0.717, 1.165) is 5.56 Å². The van der Waals surface area contributed by atoms with Crippen LogP contribution in [0.5, 0.6) is 0 Å². The normalized spacial score (nSPS) is 24.6. The molecule has 2 amide bonds. The molecule has 2 heterocycles. The number of hydrogen-bond acceptors (Lipinski definition) is 6. The first-order valence-corrected chi connectivity index (χ1v) is 9.17. The number of rotatable bonds is 6. The van der Waals surface area contributed by atoms with Gasteiger partial charge < -0.3 is 19.5 Å². The number of carbonyl (C=O) groups is 3. The molecule has 27 heavy (non-hydrogen) atoms. The van der Waals surface area contributed by atoms with E-state index >= 15 is 0 Å². The third-order valence-electron chi connectivity index (χ3n) is 4.62. The second-order valence-electron chi connectivity index (χ2n) is 6.52. The lowest BCUT2D eigenvalue weighted by atomic mass is 10.1. The molecule has 1 aromatic carbocycles. The lowest BCUT2D eigenvalue weighted by Crippen LogP contribution is -2.51. The Morgan fingerprint density at radius 1 is 1.30 bits per heavy atom. The van der Waals surface area contributed by atoms with Crippen LogP contribution in [0, 0.1) is 0 Å². The number of cyclic esters (lactones) is 1. The van der Waals surface area contributed by atoms with E-state index in [2.05, 4.69) is 5.32 Å². The van der Waals surface area contributed by atoms with E-state index < -0.39 is 30.4 Å². The molecule has 3 rings (SSSR count). The summed E-state index contributed by atoms with van der Waals surface area (Å²) in [6.45, 7) is 2.76. The van der Waals surface area contributed by atoms with Crippen molar-refractivity contribution in [1.82, 2.24) is 10.2 Å². The van der Waals surface area contributed by atoms with Gasteiger partial charge in [-0.15, -0.1) is 0 Å².